The highest BCUT2D eigenvalue weighted by molar-refractivity contribution is 5.24. The maximum atomic E-state index is 6.16. The molecule has 1 spiro atoms. The number of likely N-dealkylation sites (tertiary alicyclic amines) is 1. The molecular weight excluding hydrogens is 316 g/mol. The van der Waals surface area contributed by atoms with Crippen molar-refractivity contribution in [3.63, 3.8) is 0 Å². The van der Waals surface area contributed by atoms with E-state index in [2.05, 4.69) is 31.5 Å². The van der Waals surface area contributed by atoms with Gasteiger partial charge in [-0.15, -0.1) is 0 Å². The molecule has 134 valence electrons. The van der Waals surface area contributed by atoms with Gasteiger partial charge in [-0.25, -0.2) is 9.97 Å². The lowest BCUT2D eigenvalue weighted by molar-refractivity contribution is -0.136. The van der Waals surface area contributed by atoms with Crippen LogP contribution >= 0.6 is 0 Å². The van der Waals surface area contributed by atoms with Gasteiger partial charge in [0.2, 0.25) is 5.95 Å². The van der Waals surface area contributed by atoms with Crippen molar-refractivity contribution in [3.8, 4) is 0 Å². The van der Waals surface area contributed by atoms with Gasteiger partial charge in [-0.05, 0) is 31.2 Å². The van der Waals surface area contributed by atoms with E-state index < -0.39 is 0 Å². The van der Waals surface area contributed by atoms with Crippen LogP contribution in [0.15, 0.2) is 24.8 Å². The van der Waals surface area contributed by atoms with E-state index in [0.717, 1.165) is 51.2 Å². The zero-order valence-electron chi connectivity index (χ0n) is 15.0. The molecule has 7 heteroatoms. The first-order valence-corrected chi connectivity index (χ1v) is 8.99. The van der Waals surface area contributed by atoms with E-state index in [0.29, 0.717) is 11.9 Å². The zero-order valence-corrected chi connectivity index (χ0v) is 15.0. The van der Waals surface area contributed by atoms with Gasteiger partial charge in [0.05, 0.1) is 11.8 Å². The fourth-order valence-corrected chi connectivity index (χ4v) is 4.02. The zero-order chi connectivity index (χ0) is 17.3. The second-order valence-electron chi connectivity index (χ2n) is 7.37. The van der Waals surface area contributed by atoms with Crippen LogP contribution in [0.5, 0.6) is 0 Å². The van der Waals surface area contributed by atoms with Crippen LogP contribution < -0.4 is 5.32 Å². The second kappa shape index (κ2) is 6.72. The third kappa shape index (κ3) is 3.52. The Hall–Kier alpha value is -1.99. The summed E-state index contributed by atoms with van der Waals surface area (Å²) >= 11 is 0. The Bertz CT molecular complexity index is 707. The molecule has 0 aliphatic carbocycles. The van der Waals surface area contributed by atoms with Crippen molar-refractivity contribution in [2.45, 2.75) is 31.9 Å². The Morgan fingerprint density at radius 2 is 2.08 bits per heavy atom. The first-order chi connectivity index (χ1) is 12.1. The van der Waals surface area contributed by atoms with Crippen molar-refractivity contribution < 1.29 is 4.74 Å². The molecule has 2 saturated heterocycles. The largest absolute Gasteiger partial charge is 0.372 e. The van der Waals surface area contributed by atoms with Gasteiger partial charge in [0.1, 0.15) is 0 Å². The highest BCUT2D eigenvalue weighted by atomic mass is 16.5. The summed E-state index contributed by atoms with van der Waals surface area (Å²) in [6, 6.07) is 0. The molecule has 0 amide bonds. The summed E-state index contributed by atoms with van der Waals surface area (Å²) < 4.78 is 8.02. The maximum Gasteiger partial charge on any atom is 0.222 e. The van der Waals surface area contributed by atoms with Gasteiger partial charge in [0.15, 0.2) is 0 Å². The topological polar surface area (TPSA) is 68.1 Å². The monoisotopic (exact) mass is 342 g/mol. The predicted octanol–water partition coefficient (Wildman–Crippen LogP) is 1.61. The van der Waals surface area contributed by atoms with Crippen LogP contribution in [-0.4, -0.2) is 56.5 Å². The lowest BCUT2D eigenvalue weighted by Gasteiger charge is -2.50. The fourth-order valence-electron chi connectivity index (χ4n) is 4.02. The summed E-state index contributed by atoms with van der Waals surface area (Å²) in [6.45, 7) is 6.77. The van der Waals surface area contributed by atoms with Crippen molar-refractivity contribution >= 4 is 5.95 Å². The molecule has 0 aromatic carbocycles. The minimum Gasteiger partial charge on any atom is -0.372 e. The van der Waals surface area contributed by atoms with E-state index in [9.17, 15) is 0 Å². The van der Waals surface area contributed by atoms with Crippen molar-refractivity contribution in [1.29, 1.82) is 0 Å². The SMILES string of the molecule is Cc1cnc(NCC[C@@H]2CCOC23CN(Cc2cnn(C)c2)C3)nc1. The lowest BCUT2D eigenvalue weighted by Crippen LogP contribution is -2.64. The lowest BCUT2D eigenvalue weighted by atomic mass is 9.79. The second-order valence-corrected chi connectivity index (χ2v) is 7.37. The van der Waals surface area contributed by atoms with Gasteiger partial charge in [-0.1, -0.05) is 0 Å². The molecule has 0 radical (unpaired) electrons. The summed E-state index contributed by atoms with van der Waals surface area (Å²) in [5, 5.41) is 7.58. The molecule has 4 rings (SSSR count). The number of hydrogen-bond donors (Lipinski definition) is 1. The van der Waals surface area contributed by atoms with Crippen LogP contribution in [0.4, 0.5) is 5.95 Å². The number of nitrogens with one attached hydrogen (secondary N) is 1. The van der Waals surface area contributed by atoms with Gasteiger partial charge < -0.3 is 10.1 Å². The van der Waals surface area contributed by atoms with Crippen LogP contribution in [-0.2, 0) is 18.3 Å². The molecule has 2 aliphatic rings. The highest BCUT2D eigenvalue weighted by Crippen LogP contribution is 2.42. The summed E-state index contributed by atoms with van der Waals surface area (Å²) in [4.78, 5) is 11.1. The van der Waals surface area contributed by atoms with E-state index in [-0.39, 0.29) is 5.60 Å². The van der Waals surface area contributed by atoms with Gasteiger partial charge >= 0.3 is 0 Å². The average molecular weight is 342 g/mol. The van der Waals surface area contributed by atoms with Crippen molar-refractivity contribution in [2.24, 2.45) is 13.0 Å². The number of aromatic nitrogens is 4. The Labute approximate surface area is 148 Å². The molecule has 0 saturated carbocycles. The number of rotatable bonds is 6. The van der Waals surface area contributed by atoms with E-state index in [1.54, 1.807) is 0 Å². The normalized spacial score (nSPS) is 22.2. The Morgan fingerprint density at radius 1 is 1.28 bits per heavy atom. The standard InChI is InChI=1S/C18H26N6O/c1-14-7-20-17(21-8-14)19-5-3-16-4-6-25-18(16)12-24(13-18)11-15-9-22-23(2)10-15/h7-10,16H,3-6,11-13H2,1-2H3,(H,19,20,21)/t16-/m1/s1. The third-order valence-electron chi connectivity index (χ3n) is 5.30. The van der Waals surface area contributed by atoms with E-state index in [4.69, 9.17) is 4.74 Å². The van der Waals surface area contributed by atoms with Gasteiger partial charge in [-0.3, -0.25) is 9.58 Å². The number of nitrogens with zero attached hydrogens (tertiary/aromatic N) is 5. The number of hydrogen-bond acceptors (Lipinski definition) is 6. The quantitative estimate of drug-likeness (QED) is 0.860. The summed E-state index contributed by atoms with van der Waals surface area (Å²) in [5.41, 5.74) is 2.40. The molecule has 0 unspecified atom stereocenters. The molecule has 2 aromatic heterocycles. The van der Waals surface area contributed by atoms with Crippen LogP contribution in [0, 0.1) is 12.8 Å². The predicted molar refractivity (Wildman–Crippen MR) is 95.2 cm³/mol. The van der Waals surface area contributed by atoms with Crippen molar-refractivity contribution in [1.82, 2.24) is 24.6 Å². The molecule has 1 N–H and O–H groups in total. The highest BCUT2D eigenvalue weighted by Gasteiger charge is 2.52. The van der Waals surface area contributed by atoms with Crippen LogP contribution in [0.2, 0.25) is 0 Å². The summed E-state index contributed by atoms with van der Waals surface area (Å²) in [5.74, 6) is 1.32. The first-order valence-electron chi connectivity index (χ1n) is 8.99. The average Bonchev–Trinajstić information content (AvgIpc) is 3.16. The summed E-state index contributed by atoms with van der Waals surface area (Å²) in [6.07, 6.45) is 9.97. The molecule has 4 heterocycles. The number of ether oxygens (including phenoxy) is 1. The van der Waals surface area contributed by atoms with Crippen molar-refractivity contribution in [2.75, 3.05) is 31.6 Å². The maximum absolute atomic E-state index is 6.16. The number of aryl methyl sites for hydroxylation is 2. The molecular formula is C18H26N6O. The summed E-state index contributed by atoms with van der Waals surface area (Å²) in [7, 11) is 1.96. The van der Waals surface area contributed by atoms with E-state index in [1.807, 2.05) is 37.2 Å². The minimum atomic E-state index is 0.0536. The Balaban J connectivity index is 1.26. The molecule has 2 aliphatic heterocycles. The minimum absolute atomic E-state index is 0.0536. The van der Waals surface area contributed by atoms with Gasteiger partial charge in [0.25, 0.3) is 0 Å². The third-order valence-corrected chi connectivity index (χ3v) is 5.30. The van der Waals surface area contributed by atoms with E-state index in [1.165, 1.54) is 5.56 Å². The molecule has 2 aromatic rings. The van der Waals surface area contributed by atoms with Crippen LogP contribution in [0.1, 0.15) is 24.0 Å². The molecule has 1 atom stereocenters. The first kappa shape index (κ1) is 16.5. The fraction of sp³-hybridized carbons (Fsp3) is 0.611. The Morgan fingerprint density at radius 3 is 2.80 bits per heavy atom. The van der Waals surface area contributed by atoms with Gasteiger partial charge in [0, 0.05) is 64.0 Å². The van der Waals surface area contributed by atoms with Crippen LogP contribution in [0.25, 0.3) is 0 Å². The molecule has 25 heavy (non-hydrogen) atoms. The van der Waals surface area contributed by atoms with Crippen LogP contribution in [0.3, 0.4) is 0 Å². The molecule has 0 bridgehead atoms. The molecule has 7 nitrogen and oxygen atoms in total. The number of anilines is 1. The Kier molecular flexibility index (Phi) is 4.43. The van der Waals surface area contributed by atoms with E-state index >= 15 is 0 Å². The van der Waals surface area contributed by atoms with Crippen molar-refractivity contribution in [3.05, 3.63) is 35.9 Å². The smallest absolute Gasteiger partial charge is 0.222 e. The molecule has 2 fully saturated rings. The van der Waals surface area contributed by atoms with Gasteiger partial charge in [-0.2, -0.15) is 5.10 Å².